The molecule has 1 aromatic carbocycles. The first kappa shape index (κ1) is 17.4. The molecule has 2 rings (SSSR count). The van der Waals surface area contributed by atoms with Crippen LogP contribution in [0.2, 0.25) is 0 Å². The number of carbonyl (C=O) groups excluding carboxylic acids is 1. The van der Waals surface area contributed by atoms with Crippen LogP contribution in [0.25, 0.3) is 0 Å². The van der Waals surface area contributed by atoms with Crippen LogP contribution in [0.3, 0.4) is 0 Å². The van der Waals surface area contributed by atoms with E-state index < -0.39 is 0 Å². The van der Waals surface area contributed by atoms with Crippen molar-refractivity contribution >= 4 is 17.7 Å². The van der Waals surface area contributed by atoms with E-state index in [1.165, 1.54) is 16.0 Å². The molecule has 0 spiro atoms. The Balaban J connectivity index is 1.64. The second-order valence-corrected chi connectivity index (χ2v) is 7.50. The Morgan fingerprint density at radius 1 is 1.32 bits per heavy atom. The minimum absolute atomic E-state index is 0.122. The topological polar surface area (TPSA) is 49.3 Å². The maximum Gasteiger partial charge on any atom is 0.220 e. The van der Waals surface area contributed by atoms with Gasteiger partial charge in [-0.25, -0.2) is 0 Å². The molecule has 1 amide bonds. The van der Waals surface area contributed by atoms with Gasteiger partial charge in [0.2, 0.25) is 5.91 Å². The Morgan fingerprint density at radius 2 is 2.14 bits per heavy atom. The molecule has 1 aliphatic carbocycles. The van der Waals surface area contributed by atoms with Gasteiger partial charge >= 0.3 is 0 Å². The molecular weight excluding hydrogens is 294 g/mol. The number of carbonyl (C=O) groups is 1. The lowest BCUT2D eigenvalue weighted by Crippen LogP contribution is -2.33. The van der Waals surface area contributed by atoms with E-state index in [2.05, 4.69) is 37.4 Å². The summed E-state index contributed by atoms with van der Waals surface area (Å²) in [6.45, 7) is 4.94. The van der Waals surface area contributed by atoms with Crippen molar-refractivity contribution in [3.05, 3.63) is 29.3 Å². The van der Waals surface area contributed by atoms with Crippen molar-refractivity contribution in [1.82, 2.24) is 5.32 Å². The predicted molar refractivity (Wildman–Crippen MR) is 92.2 cm³/mol. The van der Waals surface area contributed by atoms with E-state index in [-0.39, 0.29) is 12.0 Å². The van der Waals surface area contributed by atoms with Gasteiger partial charge in [-0.15, -0.1) is 11.8 Å². The van der Waals surface area contributed by atoms with E-state index in [9.17, 15) is 9.90 Å². The van der Waals surface area contributed by atoms with Gasteiger partial charge < -0.3 is 10.4 Å². The molecule has 22 heavy (non-hydrogen) atoms. The Hall–Kier alpha value is -1.00. The highest BCUT2D eigenvalue weighted by Crippen LogP contribution is 2.24. The van der Waals surface area contributed by atoms with E-state index >= 15 is 0 Å². The van der Waals surface area contributed by atoms with E-state index in [0.717, 1.165) is 31.4 Å². The molecule has 0 heterocycles. The maximum absolute atomic E-state index is 11.9. The molecule has 0 aromatic heterocycles. The summed E-state index contributed by atoms with van der Waals surface area (Å²) >= 11 is 1.73. The zero-order valence-corrected chi connectivity index (χ0v) is 14.4. The highest BCUT2D eigenvalue weighted by atomic mass is 32.2. The van der Waals surface area contributed by atoms with Crippen molar-refractivity contribution in [3.63, 3.8) is 0 Å². The fraction of sp³-hybridized carbons (Fsp3) is 0.611. The third-order valence-corrected chi connectivity index (χ3v) is 5.41. The molecule has 0 bridgehead atoms. The van der Waals surface area contributed by atoms with Crippen molar-refractivity contribution in [2.24, 2.45) is 5.92 Å². The van der Waals surface area contributed by atoms with Gasteiger partial charge in [-0.2, -0.15) is 0 Å². The lowest BCUT2D eigenvalue weighted by Gasteiger charge is -2.25. The lowest BCUT2D eigenvalue weighted by molar-refractivity contribution is -0.121. The van der Waals surface area contributed by atoms with Crippen molar-refractivity contribution < 1.29 is 9.90 Å². The van der Waals surface area contributed by atoms with Crippen LogP contribution < -0.4 is 5.32 Å². The average molecular weight is 321 g/mol. The van der Waals surface area contributed by atoms with E-state index in [4.69, 9.17) is 0 Å². The SMILES string of the molecule is Cc1ccc(SCCC(=O)NCC2CCCC(O)C2)cc1C. The minimum atomic E-state index is -0.170. The number of thioether (sulfide) groups is 1. The third-order valence-electron chi connectivity index (χ3n) is 4.42. The third kappa shape index (κ3) is 5.65. The summed E-state index contributed by atoms with van der Waals surface area (Å²) in [6, 6.07) is 6.43. The first-order valence-electron chi connectivity index (χ1n) is 8.19. The van der Waals surface area contributed by atoms with Gasteiger partial charge in [0.25, 0.3) is 0 Å². The summed E-state index contributed by atoms with van der Waals surface area (Å²) in [5.74, 6) is 1.37. The predicted octanol–water partition coefficient (Wildman–Crippen LogP) is 3.45. The molecule has 2 atom stereocenters. The number of hydrogen-bond acceptors (Lipinski definition) is 3. The highest BCUT2D eigenvalue weighted by molar-refractivity contribution is 7.99. The van der Waals surface area contributed by atoms with Gasteiger partial charge in [0.05, 0.1) is 6.10 Å². The smallest absolute Gasteiger partial charge is 0.220 e. The van der Waals surface area contributed by atoms with Crippen LogP contribution >= 0.6 is 11.8 Å². The largest absolute Gasteiger partial charge is 0.393 e. The molecule has 3 nitrogen and oxygen atoms in total. The van der Waals surface area contributed by atoms with Gasteiger partial charge in [-0.1, -0.05) is 12.5 Å². The molecule has 2 N–H and O–H groups in total. The van der Waals surface area contributed by atoms with Crippen LogP contribution in [0.5, 0.6) is 0 Å². The van der Waals surface area contributed by atoms with Crippen LogP contribution in [-0.2, 0) is 4.79 Å². The van der Waals surface area contributed by atoms with Crippen LogP contribution in [0.4, 0.5) is 0 Å². The van der Waals surface area contributed by atoms with E-state index in [1.807, 2.05) is 0 Å². The first-order chi connectivity index (χ1) is 10.5. The molecule has 122 valence electrons. The summed E-state index contributed by atoms with van der Waals surface area (Å²) in [5, 5.41) is 12.7. The van der Waals surface area contributed by atoms with Crippen molar-refractivity contribution in [2.75, 3.05) is 12.3 Å². The highest BCUT2D eigenvalue weighted by Gasteiger charge is 2.20. The van der Waals surface area contributed by atoms with Crippen molar-refractivity contribution in [1.29, 1.82) is 0 Å². The molecule has 2 unspecified atom stereocenters. The fourth-order valence-corrected chi connectivity index (χ4v) is 3.81. The second kappa shape index (κ2) is 8.59. The molecule has 0 saturated heterocycles. The van der Waals surface area contributed by atoms with Gasteiger partial charge in [-0.3, -0.25) is 4.79 Å². The first-order valence-corrected chi connectivity index (χ1v) is 9.18. The Kier molecular flexibility index (Phi) is 6.77. The lowest BCUT2D eigenvalue weighted by atomic mass is 9.87. The van der Waals surface area contributed by atoms with E-state index in [0.29, 0.717) is 18.9 Å². The maximum atomic E-state index is 11.9. The van der Waals surface area contributed by atoms with Gasteiger partial charge in [0.15, 0.2) is 0 Å². The number of nitrogens with one attached hydrogen (secondary N) is 1. The number of aryl methyl sites for hydroxylation is 2. The standard InChI is InChI=1S/C18H27NO2S/c1-13-6-7-17(10-14(13)2)22-9-8-18(21)19-12-15-4-3-5-16(20)11-15/h6-7,10,15-16,20H,3-5,8-9,11-12H2,1-2H3,(H,19,21). The number of aliphatic hydroxyl groups is 1. The summed E-state index contributed by atoms with van der Waals surface area (Å²) in [7, 11) is 0. The number of aliphatic hydroxyl groups excluding tert-OH is 1. The van der Waals surface area contributed by atoms with Crippen LogP contribution in [0.15, 0.2) is 23.1 Å². The zero-order chi connectivity index (χ0) is 15.9. The average Bonchev–Trinajstić information content (AvgIpc) is 2.49. The molecule has 1 aromatic rings. The monoisotopic (exact) mass is 321 g/mol. The minimum Gasteiger partial charge on any atom is -0.393 e. The van der Waals surface area contributed by atoms with E-state index in [1.54, 1.807) is 11.8 Å². The van der Waals surface area contributed by atoms with Crippen molar-refractivity contribution in [3.8, 4) is 0 Å². The van der Waals surface area contributed by atoms with Crippen LogP contribution in [0.1, 0.15) is 43.2 Å². The Bertz CT molecular complexity index is 504. The molecular formula is C18H27NO2S. The summed E-state index contributed by atoms with van der Waals surface area (Å²) in [6.07, 6.45) is 4.32. The van der Waals surface area contributed by atoms with Crippen LogP contribution in [0, 0.1) is 19.8 Å². The summed E-state index contributed by atoms with van der Waals surface area (Å²) < 4.78 is 0. The van der Waals surface area contributed by atoms with Crippen LogP contribution in [-0.4, -0.2) is 29.4 Å². The Morgan fingerprint density at radius 3 is 2.86 bits per heavy atom. The van der Waals surface area contributed by atoms with Gasteiger partial charge in [0, 0.05) is 23.6 Å². The molecule has 4 heteroatoms. The normalized spacial score (nSPS) is 21.6. The second-order valence-electron chi connectivity index (χ2n) is 6.34. The van der Waals surface area contributed by atoms with Gasteiger partial charge in [0.1, 0.15) is 0 Å². The molecule has 1 aliphatic rings. The number of benzene rings is 1. The van der Waals surface area contributed by atoms with Gasteiger partial charge in [-0.05, 0) is 62.3 Å². The van der Waals surface area contributed by atoms with Crippen molar-refractivity contribution in [2.45, 2.75) is 57.0 Å². The Labute approximate surface area is 137 Å². The number of hydrogen-bond donors (Lipinski definition) is 2. The molecule has 0 aliphatic heterocycles. The zero-order valence-electron chi connectivity index (χ0n) is 13.6. The number of amides is 1. The molecule has 0 radical (unpaired) electrons. The summed E-state index contributed by atoms with van der Waals surface area (Å²) in [5.41, 5.74) is 2.60. The fourth-order valence-electron chi connectivity index (χ4n) is 2.86. The molecule has 1 fully saturated rings. The quantitative estimate of drug-likeness (QED) is 0.789. The molecule has 1 saturated carbocycles. The summed E-state index contributed by atoms with van der Waals surface area (Å²) in [4.78, 5) is 13.1. The number of rotatable bonds is 6.